The monoisotopic (exact) mass is 332 g/mol. The summed E-state index contributed by atoms with van der Waals surface area (Å²) in [6, 6.07) is 1.85. The summed E-state index contributed by atoms with van der Waals surface area (Å²) in [5, 5.41) is 14.1. The summed E-state index contributed by atoms with van der Waals surface area (Å²) in [6.45, 7) is 6.43. The van der Waals surface area contributed by atoms with Crippen LogP contribution in [-0.2, 0) is 9.53 Å². The lowest BCUT2D eigenvalue weighted by Gasteiger charge is -2.31. The first-order valence-corrected chi connectivity index (χ1v) is 7.87. The number of amides is 1. The summed E-state index contributed by atoms with van der Waals surface area (Å²) >= 11 is 0. The summed E-state index contributed by atoms with van der Waals surface area (Å²) < 4.78 is 6.96. The number of carbonyl (C=O) groups is 2. The van der Waals surface area contributed by atoms with Crippen LogP contribution in [0.3, 0.4) is 0 Å². The molecule has 1 fully saturated rings. The Bertz CT molecular complexity index is 799. The molecule has 1 aliphatic rings. The summed E-state index contributed by atoms with van der Waals surface area (Å²) in [5.74, 6) is -1.28. The maximum atomic E-state index is 12.9. The molecule has 128 valence electrons. The summed E-state index contributed by atoms with van der Waals surface area (Å²) in [5.41, 5.74) is 1.88. The number of hydrogen-bond donors (Lipinski definition) is 1. The quantitative estimate of drug-likeness (QED) is 0.908. The molecular weight excluding hydrogens is 312 g/mol. The van der Waals surface area contributed by atoms with Crippen LogP contribution in [0.1, 0.15) is 35.9 Å². The summed E-state index contributed by atoms with van der Waals surface area (Å²) in [6.07, 6.45) is 0.656. The second kappa shape index (κ2) is 6.20. The van der Waals surface area contributed by atoms with E-state index >= 15 is 0 Å². The van der Waals surface area contributed by atoms with Crippen LogP contribution in [0.25, 0.3) is 11.0 Å². The average Bonchev–Trinajstić information content (AvgIpc) is 2.97. The molecule has 1 amide bonds. The Balaban J connectivity index is 1.99. The molecule has 0 saturated carbocycles. The fourth-order valence-corrected chi connectivity index (χ4v) is 2.85. The Labute approximate surface area is 139 Å². The first kappa shape index (κ1) is 16.4. The maximum absolute atomic E-state index is 12.9. The molecule has 1 aliphatic heterocycles. The number of ether oxygens (including phenoxy) is 1. The van der Waals surface area contributed by atoms with E-state index in [-0.39, 0.29) is 25.1 Å². The Morgan fingerprint density at radius 1 is 1.42 bits per heavy atom. The molecule has 3 rings (SSSR count). The minimum absolute atomic E-state index is 0.0371. The molecule has 2 aromatic heterocycles. The van der Waals surface area contributed by atoms with E-state index in [2.05, 4.69) is 10.1 Å². The van der Waals surface area contributed by atoms with Gasteiger partial charge in [0.15, 0.2) is 11.8 Å². The third-order valence-corrected chi connectivity index (χ3v) is 4.04. The van der Waals surface area contributed by atoms with Gasteiger partial charge < -0.3 is 14.7 Å². The number of pyridine rings is 1. The van der Waals surface area contributed by atoms with E-state index in [1.165, 1.54) is 4.90 Å². The van der Waals surface area contributed by atoms with Crippen molar-refractivity contribution in [3.63, 3.8) is 0 Å². The minimum atomic E-state index is -1.06. The van der Waals surface area contributed by atoms with Crippen LogP contribution in [-0.4, -0.2) is 62.4 Å². The van der Waals surface area contributed by atoms with Gasteiger partial charge >= 0.3 is 5.97 Å². The fourth-order valence-electron chi connectivity index (χ4n) is 2.85. The van der Waals surface area contributed by atoms with Crippen molar-refractivity contribution < 1.29 is 19.4 Å². The predicted octanol–water partition coefficient (Wildman–Crippen LogP) is 1.25. The lowest BCUT2D eigenvalue weighted by atomic mass is 10.1. The highest BCUT2D eigenvalue weighted by molar-refractivity contribution is 6.05. The number of aliphatic carboxylic acids is 1. The van der Waals surface area contributed by atoms with Crippen LogP contribution in [0.2, 0.25) is 0 Å². The number of aromatic nitrogens is 3. The highest BCUT2D eigenvalue weighted by atomic mass is 16.5. The second-order valence-electron chi connectivity index (χ2n) is 6.18. The van der Waals surface area contributed by atoms with Gasteiger partial charge in [0, 0.05) is 18.3 Å². The zero-order valence-corrected chi connectivity index (χ0v) is 13.9. The van der Waals surface area contributed by atoms with Gasteiger partial charge in [-0.2, -0.15) is 5.10 Å². The molecule has 3 heterocycles. The van der Waals surface area contributed by atoms with Gasteiger partial charge in [0.2, 0.25) is 0 Å². The van der Waals surface area contributed by atoms with Crippen LogP contribution in [0.15, 0.2) is 12.3 Å². The van der Waals surface area contributed by atoms with Crippen LogP contribution >= 0.6 is 0 Å². The van der Waals surface area contributed by atoms with Crippen molar-refractivity contribution in [2.45, 2.75) is 32.9 Å². The van der Waals surface area contributed by atoms with Gasteiger partial charge in [0.25, 0.3) is 5.91 Å². The molecule has 8 nitrogen and oxygen atoms in total. The zero-order valence-electron chi connectivity index (χ0n) is 13.9. The molecule has 0 spiro atoms. The number of aryl methyl sites for hydroxylation is 1. The van der Waals surface area contributed by atoms with Crippen molar-refractivity contribution in [3.05, 3.63) is 23.5 Å². The average molecular weight is 332 g/mol. The van der Waals surface area contributed by atoms with Crippen LogP contribution in [0.4, 0.5) is 0 Å². The van der Waals surface area contributed by atoms with E-state index < -0.39 is 12.1 Å². The molecule has 1 saturated heterocycles. The van der Waals surface area contributed by atoms with E-state index in [1.807, 2.05) is 20.8 Å². The van der Waals surface area contributed by atoms with Crippen LogP contribution in [0.5, 0.6) is 0 Å². The molecule has 0 unspecified atom stereocenters. The van der Waals surface area contributed by atoms with E-state index in [9.17, 15) is 9.59 Å². The highest BCUT2D eigenvalue weighted by Gasteiger charge is 2.30. The molecule has 1 N–H and O–H groups in total. The van der Waals surface area contributed by atoms with Gasteiger partial charge in [-0.15, -0.1) is 0 Å². The topological polar surface area (TPSA) is 97.5 Å². The van der Waals surface area contributed by atoms with Crippen LogP contribution < -0.4 is 0 Å². The Kier molecular flexibility index (Phi) is 4.23. The van der Waals surface area contributed by atoms with Crippen molar-refractivity contribution >= 4 is 22.9 Å². The van der Waals surface area contributed by atoms with Crippen molar-refractivity contribution in [2.75, 3.05) is 19.7 Å². The zero-order chi connectivity index (χ0) is 17.4. The number of nitrogens with zero attached hydrogens (tertiary/aromatic N) is 4. The highest BCUT2D eigenvalue weighted by Crippen LogP contribution is 2.23. The van der Waals surface area contributed by atoms with Gasteiger partial charge in [0.1, 0.15) is 0 Å². The fraction of sp³-hybridized carbons (Fsp3) is 0.500. The maximum Gasteiger partial charge on any atom is 0.334 e. The number of morpholine rings is 1. The van der Waals surface area contributed by atoms with Crippen molar-refractivity contribution in [1.82, 2.24) is 19.7 Å². The predicted molar refractivity (Wildman–Crippen MR) is 85.9 cm³/mol. The Hall–Kier alpha value is -2.48. The minimum Gasteiger partial charge on any atom is -0.479 e. The Morgan fingerprint density at radius 2 is 2.17 bits per heavy atom. The normalized spacial score (nSPS) is 18.3. The van der Waals surface area contributed by atoms with Gasteiger partial charge in [-0.1, -0.05) is 0 Å². The molecule has 1 atom stereocenters. The first-order chi connectivity index (χ1) is 11.4. The molecule has 24 heavy (non-hydrogen) atoms. The smallest absolute Gasteiger partial charge is 0.334 e. The van der Waals surface area contributed by atoms with E-state index in [0.29, 0.717) is 23.1 Å². The third kappa shape index (κ3) is 2.84. The molecular formula is C16H20N4O4. The molecule has 0 aliphatic carbocycles. The number of carboxylic acids is 1. The largest absolute Gasteiger partial charge is 0.479 e. The van der Waals surface area contributed by atoms with Gasteiger partial charge in [-0.05, 0) is 26.8 Å². The molecule has 0 radical (unpaired) electrons. The lowest BCUT2D eigenvalue weighted by Crippen LogP contribution is -2.48. The van der Waals surface area contributed by atoms with Crippen molar-refractivity contribution in [2.24, 2.45) is 0 Å². The van der Waals surface area contributed by atoms with Crippen molar-refractivity contribution in [3.8, 4) is 0 Å². The van der Waals surface area contributed by atoms with Crippen LogP contribution in [0, 0.1) is 6.92 Å². The van der Waals surface area contributed by atoms with Gasteiger partial charge in [-0.3, -0.25) is 4.79 Å². The molecule has 8 heteroatoms. The standard InChI is InChI=1S/C16H20N4O4/c1-9(2)20-14-12(7-17-20)11(6-10(3)18-14)15(21)19-4-5-24-13(8-19)16(22)23/h6-7,9,13H,4-5,8H2,1-3H3,(H,22,23)/t13-/m0/s1. The number of carbonyl (C=O) groups excluding carboxylic acids is 1. The number of rotatable bonds is 3. The summed E-state index contributed by atoms with van der Waals surface area (Å²) in [7, 11) is 0. The van der Waals surface area contributed by atoms with E-state index in [0.717, 1.165) is 5.69 Å². The number of fused-ring (bicyclic) bond motifs is 1. The van der Waals surface area contributed by atoms with Crippen molar-refractivity contribution in [1.29, 1.82) is 0 Å². The third-order valence-electron chi connectivity index (χ3n) is 4.04. The first-order valence-electron chi connectivity index (χ1n) is 7.87. The second-order valence-corrected chi connectivity index (χ2v) is 6.18. The van der Waals surface area contributed by atoms with Gasteiger partial charge in [0.05, 0.1) is 30.3 Å². The number of carboxylic acid groups (broad SMARTS) is 1. The van der Waals surface area contributed by atoms with E-state index in [1.54, 1.807) is 16.9 Å². The molecule has 2 aromatic rings. The van der Waals surface area contributed by atoms with Gasteiger partial charge in [-0.25, -0.2) is 14.5 Å². The molecule has 0 aromatic carbocycles. The Morgan fingerprint density at radius 3 is 2.83 bits per heavy atom. The molecule has 0 bridgehead atoms. The SMILES string of the molecule is Cc1cc(C(=O)N2CCO[C@H](C(=O)O)C2)c2cnn(C(C)C)c2n1. The van der Waals surface area contributed by atoms with E-state index in [4.69, 9.17) is 9.84 Å². The summed E-state index contributed by atoms with van der Waals surface area (Å²) in [4.78, 5) is 30.1. The lowest BCUT2D eigenvalue weighted by molar-refractivity contribution is -0.154. The number of hydrogen-bond acceptors (Lipinski definition) is 5.